The molecule has 0 aliphatic carbocycles. The number of likely N-dealkylation sites (N-methyl/N-ethyl adjacent to an activating group) is 2. The Morgan fingerprint density at radius 2 is 1.94 bits per heavy atom. The van der Waals surface area contributed by atoms with Gasteiger partial charge in [-0.05, 0) is 45.1 Å². The highest BCUT2D eigenvalue weighted by Crippen LogP contribution is 2.13. The minimum absolute atomic E-state index is 0.553. The summed E-state index contributed by atoms with van der Waals surface area (Å²) < 4.78 is 5.16. The summed E-state index contributed by atoms with van der Waals surface area (Å²) >= 11 is 0. The van der Waals surface area contributed by atoms with Crippen molar-refractivity contribution in [3.05, 3.63) is 29.8 Å². The van der Waals surface area contributed by atoms with Crippen molar-refractivity contribution < 1.29 is 4.74 Å². The van der Waals surface area contributed by atoms with Crippen LogP contribution < -0.4 is 10.1 Å². The fourth-order valence-electron chi connectivity index (χ4n) is 1.77. The average molecular weight is 236 g/mol. The molecule has 0 heterocycles. The van der Waals surface area contributed by atoms with Crippen LogP contribution in [0.2, 0.25) is 0 Å². The number of hydrogen-bond donors (Lipinski definition) is 1. The van der Waals surface area contributed by atoms with E-state index >= 15 is 0 Å². The molecule has 17 heavy (non-hydrogen) atoms. The molecule has 1 unspecified atom stereocenters. The molecular formula is C14H24N2O. The lowest BCUT2D eigenvalue weighted by atomic mass is 10.1. The maximum Gasteiger partial charge on any atom is 0.118 e. The number of benzene rings is 1. The quantitative estimate of drug-likeness (QED) is 0.781. The van der Waals surface area contributed by atoms with Crippen molar-refractivity contribution in [2.45, 2.75) is 19.4 Å². The van der Waals surface area contributed by atoms with Crippen LogP contribution in [0.5, 0.6) is 5.75 Å². The third kappa shape index (κ3) is 4.75. The molecule has 1 aromatic rings. The Kier molecular flexibility index (Phi) is 6.01. The van der Waals surface area contributed by atoms with Crippen molar-refractivity contribution in [1.82, 2.24) is 10.2 Å². The molecule has 3 nitrogen and oxygen atoms in total. The summed E-state index contributed by atoms with van der Waals surface area (Å²) in [5.74, 6) is 0.921. The third-order valence-corrected chi connectivity index (χ3v) is 3.16. The van der Waals surface area contributed by atoms with Crippen molar-refractivity contribution in [3.63, 3.8) is 0 Å². The molecule has 3 heteroatoms. The molecule has 1 aromatic carbocycles. The summed E-state index contributed by atoms with van der Waals surface area (Å²) in [4.78, 5) is 2.38. The Morgan fingerprint density at radius 3 is 2.47 bits per heavy atom. The molecule has 1 N–H and O–H groups in total. The lowest BCUT2D eigenvalue weighted by Crippen LogP contribution is -2.35. The van der Waals surface area contributed by atoms with Crippen LogP contribution in [-0.4, -0.2) is 45.2 Å². The van der Waals surface area contributed by atoms with E-state index in [2.05, 4.69) is 36.3 Å². The standard InChI is InChI=1S/C14H24N2O/c1-12(16(3)10-9-15-2)11-13-5-7-14(17-4)8-6-13/h5-8,12,15H,9-11H2,1-4H3. The van der Waals surface area contributed by atoms with Gasteiger partial charge in [0.1, 0.15) is 5.75 Å². The van der Waals surface area contributed by atoms with Gasteiger partial charge in [-0.3, -0.25) is 0 Å². The Hall–Kier alpha value is -1.06. The molecule has 0 aliphatic rings. The first kappa shape index (κ1) is 14.0. The average Bonchev–Trinajstić information content (AvgIpc) is 2.36. The summed E-state index contributed by atoms with van der Waals surface area (Å²) in [5.41, 5.74) is 1.36. The van der Waals surface area contributed by atoms with Crippen LogP contribution in [0.1, 0.15) is 12.5 Å². The van der Waals surface area contributed by atoms with Crippen LogP contribution in [0.4, 0.5) is 0 Å². The SMILES string of the molecule is CNCCN(C)C(C)Cc1ccc(OC)cc1. The number of ether oxygens (including phenoxy) is 1. The lowest BCUT2D eigenvalue weighted by Gasteiger charge is -2.24. The van der Waals surface area contributed by atoms with E-state index in [4.69, 9.17) is 4.74 Å². The van der Waals surface area contributed by atoms with E-state index in [1.54, 1.807) is 7.11 Å². The van der Waals surface area contributed by atoms with Gasteiger partial charge in [-0.25, -0.2) is 0 Å². The van der Waals surface area contributed by atoms with E-state index in [1.165, 1.54) is 5.56 Å². The number of nitrogens with one attached hydrogen (secondary N) is 1. The monoisotopic (exact) mass is 236 g/mol. The first-order chi connectivity index (χ1) is 8.17. The Balaban J connectivity index is 2.46. The highest BCUT2D eigenvalue weighted by Gasteiger charge is 2.09. The van der Waals surface area contributed by atoms with Gasteiger partial charge in [0, 0.05) is 19.1 Å². The normalized spacial score (nSPS) is 12.8. The van der Waals surface area contributed by atoms with Gasteiger partial charge in [0.2, 0.25) is 0 Å². The van der Waals surface area contributed by atoms with Gasteiger partial charge in [0.15, 0.2) is 0 Å². The second-order valence-electron chi connectivity index (χ2n) is 4.49. The zero-order valence-electron chi connectivity index (χ0n) is 11.4. The topological polar surface area (TPSA) is 24.5 Å². The number of rotatable bonds is 7. The molecule has 0 radical (unpaired) electrons. The molecule has 1 atom stereocenters. The molecule has 1 rings (SSSR count). The van der Waals surface area contributed by atoms with Crippen molar-refractivity contribution in [2.75, 3.05) is 34.3 Å². The van der Waals surface area contributed by atoms with Crippen molar-refractivity contribution in [1.29, 1.82) is 0 Å². The summed E-state index contributed by atoms with van der Waals surface area (Å²) in [6.45, 7) is 4.37. The molecule has 0 amide bonds. The largest absolute Gasteiger partial charge is 0.497 e. The molecule has 0 aliphatic heterocycles. The van der Waals surface area contributed by atoms with Crippen molar-refractivity contribution >= 4 is 0 Å². The lowest BCUT2D eigenvalue weighted by molar-refractivity contribution is 0.258. The van der Waals surface area contributed by atoms with Crippen LogP contribution in [0.25, 0.3) is 0 Å². The van der Waals surface area contributed by atoms with E-state index in [1.807, 2.05) is 19.2 Å². The van der Waals surface area contributed by atoms with Crippen LogP contribution in [0.3, 0.4) is 0 Å². The molecule has 96 valence electrons. The van der Waals surface area contributed by atoms with Gasteiger partial charge in [0.05, 0.1) is 7.11 Å². The molecular weight excluding hydrogens is 212 g/mol. The Morgan fingerprint density at radius 1 is 1.29 bits per heavy atom. The number of methoxy groups -OCH3 is 1. The van der Waals surface area contributed by atoms with Gasteiger partial charge in [-0.15, -0.1) is 0 Å². The first-order valence-corrected chi connectivity index (χ1v) is 6.15. The van der Waals surface area contributed by atoms with Gasteiger partial charge in [0.25, 0.3) is 0 Å². The number of nitrogens with zero attached hydrogens (tertiary/aromatic N) is 1. The zero-order chi connectivity index (χ0) is 12.7. The van der Waals surface area contributed by atoms with E-state index in [-0.39, 0.29) is 0 Å². The molecule has 0 bridgehead atoms. The maximum absolute atomic E-state index is 5.16. The fourth-order valence-corrected chi connectivity index (χ4v) is 1.77. The minimum Gasteiger partial charge on any atom is -0.497 e. The van der Waals surface area contributed by atoms with Crippen LogP contribution in [0, 0.1) is 0 Å². The van der Waals surface area contributed by atoms with Gasteiger partial charge in [-0.2, -0.15) is 0 Å². The second-order valence-corrected chi connectivity index (χ2v) is 4.49. The first-order valence-electron chi connectivity index (χ1n) is 6.15. The third-order valence-electron chi connectivity index (χ3n) is 3.16. The highest BCUT2D eigenvalue weighted by atomic mass is 16.5. The summed E-state index contributed by atoms with van der Waals surface area (Å²) in [7, 11) is 5.86. The Labute approximate surface area is 105 Å². The zero-order valence-corrected chi connectivity index (χ0v) is 11.4. The maximum atomic E-state index is 5.16. The molecule has 0 saturated heterocycles. The highest BCUT2D eigenvalue weighted by molar-refractivity contribution is 5.27. The summed E-state index contributed by atoms with van der Waals surface area (Å²) in [6.07, 6.45) is 1.07. The Bertz CT molecular complexity index is 311. The smallest absolute Gasteiger partial charge is 0.118 e. The van der Waals surface area contributed by atoms with E-state index < -0.39 is 0 Å². The van der Waals surface area contributed by atoms with E-state index in [0.717, 1.165) is 25.3 Å². The van der Waals surface area contributed by atoms with Gasteiger partial charge < -0.3 is 15.0 Å². The van der Waals surface area contributed by atoms with Gasteiger partial charge >= 0.3 is 0 Å². The van der Waals surface area contributed by atoms with Crippen molar-refractivity contribution in [3.8, 4) is 5.75 Å². The fraction of sp³-hybridized carbons (Fsp3) is 0.571. The summed E-state index contributed by atoms with van der Waals surface area (Å²) in [6, 6.07) is 8.88. The summed E-state index contributed by atoms with van der Waals surface area (Å²) in [5, 5.41) is 3.17. The molecule has 0 aromatic heterocycles. The van der Waals surface area contributed by atoms with E-state index in [0.29, 0.717) is 6.04 Å². The van der Waals surface area contributed by atoms with Crippen LogP contribution >= 0.6 is 0 Å². The minimum atomic E-state index is 0.553. The van der Waals surface area contributed by atoms with Crippen LogP contribution in [0.15, 0.2) is 24.3 Å². The van der Waals surface area contributed by atoms with Crippen molar-refractivity contribution in [2.24, 2.45) is 0 Å². The van der Waals surface area contributed by atoms with E-state index in [9.17, 15) is 0 Å². The molecule has 0 spiro atoms. The predicted molar refractivity (Wildman–Crippen MR) is 72.7 cm³/mol. The molecule has 0 fully saturated rings. The molecule has 0 saturated carbocycles. The number of hydrogen-bond acceptors (Lipinski definition) is 3. The van der Waals surface area contributed by atoms with Gasteiger partial charge in [-0.1, -0.05) is 12.1 Å². The predicted octanol–water partition coefficient (Wildman–Crippen LogP) is 1.78. The second kappa shape index (κ2) is 7.30. The van der Waals surface area contributed by atoms with Crippen LogP contribution in [-0.2, 0) is 6.42 Å².